The number of nitrogens with zero attached hydrogens (tertiary/aromatic N) is 2. The summed E-state index contributed by atoms with van der Waals surface area (Å²) in [5.41, 5.74) is 3.84. The summed E-state index contributed by atoms with van der Waals surface area (Å²) in [6.07, 6.45) is 1.55. The molecule has 40 heavy (non-hydrogen) atoms. The molecule has 2 aromatic rings. The number of phenols is 1. The van der Waals surface area contributed by atoms with E-state index in [4.69, 9.17) is 5.73 Å². The molecule has 0 spiro atoms. The van der Waals surface area contributed by atoms with Crippen molar-refractivity contribution in [2.24, 2.45) is 23.5 Å². The van der Waals surface area contributed by atoms with Crippen molar-refractivity contribution < 1.29 is 39.6 Å². The number of hydrogen-bond donors (Lipinski definition) is 6. The highest BCUT2D eigenvalue weighted by atomic mass is 16.3. The first-order chi connectivity index (χ1) is 18.9. The molecule has 1 aromatic carbocycles. The maximum absolute atomic E-state index is 13.9. The molecule has 12 heteroatoms. The quantitative estimate of drug-likeness (QED) is 0.262. The van der Waals surface area contributed by atoms with Crippen molar-refractivity contribution in [2.75, 3.05) is 14.1 Å². The van der Waals surface area contributed by atoms with Gasteiger partial charge in [-0.05, 0) is 62.2 Å². The van der Waals surface area contributed by atoms with E-state index >= 15 is 0 Å². The van der Waals surface area contributed by atoms with Crippen LogP contribution in [0, 0.1) is 17.8 Å². The lowest BCUT2D eigenvalue weighted by Crippen LogP contribution is -2.73. The van der Waals surface area contributed by atoms with E-state index in [0.717, 1.165) is 0 Å². The number of nitrogens with one attached hydrogen (secondary N) is 1. The lowest BCUT2D eigenvalue weighted by molar-refractivity contribution is -0.184. The number of phenolic OH excluding ortho intramolecular Hbond substituents is 1. The minimum Gasteiger partial charge on any atom is -0.507 e. The maximum Gasteiger partial charge on any atom is 0.253 e. The number of fused-ring (bicyclic) bond motifs is 3. The van der Waals surface area contributed by atoms with Crippen LogP contribution in [0.5, 0.6) is 5.75 Å². The number of aliphatic hydroxyl groups is 3. The molecule has 0 radical (unpaired) electrons. The van der Waals surface area contributed by atoms with E-state index in [2.05, 4.69) is 10.3 Å². The first-order valence-electron chi connectivity index (χ1n) is 12.8. The van der Waals surface area contributed by atoms with Gasteiger partial charge in [0.15, 0.2) is 11.4 Å². The highest BCUT2D eigenvalue weighted by molar-refractivity contribution is 6.25. The number of ketones is 2. The van der Waals surface area contributed by atoms with Crippen LogP contribution in [-0.2, 0) is 27.3 Å². The molecule has 6 atom stereocenters. The molecule has 1 aromatic heterocycles. The van der Waals surface area contributed by atoms with Gasteiger partial charge in [0, 0.05) is 36.5 Å². The van der Waals surface area contributed by atoms with E-state index < -0.39 is 58.7 Å². The van der Waals surface area contributed by atoms with Gasteiger partial charge in [0.05, 0.1) is 17.2 Å². The second-order valence-electron chi connectivity index (χ2n) is 10.8. The van der Waals surface area contributed by atoms with Crippen LogP contribution in [0.3, 0.4) is 0 Å². The molecule has 0 aliphatic heterocycles. The van der Waals surface area contributed by atoms with Gasteiger partial charge >= 0.3 is 0 Å². The molecular weight excluding hydrogens is 520 g/mol. The molecule has 12 nitrogen and oxygen atoms in total. The lowest BCUT2D eigenvalue weighted by atomic mass is 9.54. The maximum atomic E-state index is 13.9. The van der Waals surface area contributed by atoms with E-state index in [1.807, 2.05) is 0 Å². The highest BCUT2D eigenvalue weighted by Gasteiger charge is 2.67. The SMILES string of the molecule is CN(C)[C@H]1C(O)C(C(N)=O)C(=O)[C@]2(O)C(=O)C3=C(O)c4c(O)ccc(CNC(=O)c5cccnc5)c4C[C@@H]3C[C@H]12. The molecule has 2 amide bonds. The summed E-state index contributed by atoms with van der Waals surface area (Å²) in [5.74, 6) is -8.37. The summed E-state index contributed by atoms with van der Waals surface area (Å²) >= 11 is 0. The predicted octanol–water partition coefficient (Wildman–Crippen LogP) is -0.546. The van der Waals surface area contributed by atoms with Crippen LogP contribution in [0.4, 0.5) is 0 Å². The zero-order chi connectivity index (χ0) is 29.1. The second-order valence-corrected chi connectivity index (χ2v) is 10.8. The Morgan fingerprint density at radius 1 is 1.20 bits per heavy atom. The molecule has 0 saturated heterocycles. The molecule has 2 fully saturated rings. The number of aromatic hydroxyl groups is 1. The number of aliphatic hydroxyl groups excluding tert-OH is 2. The Hall–Kier alpha value is -4.13. The van der Waals surface area contributed by atoms with E-state index in [9.17, 15) is 39.6 Å². The summed E-state index contributed by atoms with van der Waals surface area (Å²) < 4.78 is 0. The summed E-state index contributed by atoms with van der Waals surface area (Å²) in [7, 11) is 3.18. The zero-order valence-corrected chi connectivity index (χ0v) is 21.9. The van der Waals surface area contributed by atoms with Crippen LogP contribution in [0.25, 0.3) is 5.76 Å². The van der Waals surface area contributed by atoms with Crippen molar-refractivity contribution in [3.8, 4) is 5.75 Å². The minimum absolute atomic E-state index is 0.00927. The topological polar surface area (TPSA) is 203 Å². The Bertz CT molecular complexity index is 1460. The molecular formula is C28H30N4O8. The first-order valence-corrected chi connectivity index (χ1v) is 12.8. The van der Waals surface area contributed by atoms with Crippen LogP contribution >= 0.6 is 0 Å². The van der Waals surface area contributed by atoms with Gasteiger partial charge in [0.1, 0.15) is 17.4 Å². The Kier molecular flexibility index (Phi) is 6.73. The smallest absolute Gasteiger partial charge is 0.253 e. The normalized spacial score (nSPS) is 29.5. The van der Waals surface area contributed by atoms with Gasteiger partial charge in [-0.2, -0.15) is 0 Å². The monoisotopic (exact) mass is 550 g/mol. The van der Waals surface area contributed by atoms with E-state index in [1.165, 1.54) is 17.2 Å². The number of primary amides is 1. The molecule has 2 unspecified atom stereocenters. The van der Waals surface area contributed by atoms with E-state index in [0.29, 0.717) is 16.7 Å². The Morgan fingerprint density at radius 2 is 1.93 bits per heavy atom. The third-order valence-electron chi connectivity index (χ3n) is 8.43. The van der Waals surface area contributed by atoms with Crippen LogP contribution in [0.1, 0.15) is 33.5 Å². The van der Waals surface area contributed by atoms with Gasteiger partial charge in [-0.15, -0.1) is 0 Å². The van der Waals surface area contributed by atoms with E-state index in [1.54, 1.807) is 38.5 Å². The number of Topliss-reactive ketones (excluding diaryl/α,β-unsaturated/α-hetero) is 2. The number of hydrogen-bond acceptors (Lipinski definition) is 10. The number of aromatic nitrogens is 1. The van der Waals surface area contributed by atoms with Crippen molar-refractivity contribution in [1.82, 2.24) is 15.2 Å². The van der Waals surface area contributed by atoms with Gasteiger partial charge in [-0.25, -0.2) is 0 Å². The molecule has 3 aliphatic rings. The van der Waals surface area contributed by atoms with Crippen LogP contribution in [0.2, 0.25) is 0 Å². The largest absolute Gasteiger partial charge is 0.507 e. The molecule has 7 N–H and O–H groups in total. The molecule has 3 aliphatic carbocycles. The van der Waals surface area contributed by atoms with Gasteiger partial charge in [0.25, 0.3) is 5.91 Å². The number of nitrogens with two attached hydrogens (primary N) is 1. The fourth-order valence-corrected chi connectivity index (χ4v) is 6.61. The number of pyridine rings is 1. The average molecular weight is 551 g/mol. The number of benzene rings is 1. The number of rotatable bonds is 5. The molecule has 0 bridgehead atoms. The van der Waals surface area contributed by atoms with Gasteiger partial charge in [-0.1, -0.05) is 6.07 Å². The number of carbonyl (C=O) groups is 4. The predicted molar refractivity (Wildman–Crippen MR) is 139 cm³/mol. The Morgan fingerprint density at radius 3 is 2.55 bits per heavy atom. The summed E-state index contributed by atoms with van der Waals surface area (Å²) in [6.45, 7) is 0.0464. The first kappa shape index (κ1) is 27.4. The number of likely N-dealkylation sites (N-methyl/N-ethyl adjacent to an activating group) is 1. The fourth-order valence-electron chi connectivity index (χ4n) is 6.61. The third-order valence-corrected chi connectivity index (χ3v) is 8.43. The van der Waals surface area contributed by atoms with Crippen LogP contribution < -0.4 is 11.1 Å². The van der Waals surface area contributed by atoms with Crippen LogP contribution in [-0.4, -0.2) is 85.5 Å². The fraction of sp³-hybridized carbons (Fsp3) is 0.393. The Balaban J connectivity index is 1.56. The molecule has 5 rings (SSSR count). The van der Waals surface area contributed by atoms with Crippen molar-refractivity contribution >= 4 is 29.1 Å². The summed E-state index contributed by atoms with van der Waals surface area (Å²) in [6, 6.07) is 5.18. The molecule has 210 valence electrons. The van der Waals surface area contributed by atoms with Crippen molar-refractivity contribution in [3.05, 3.63) is 64.5 Å². The average Bonchev–Trinajstić information content (AvgIpc) is 2.90. The standard InChI is InChI=1S/C28H30N4O8/c1-32(2)21-16-9-14-8-15-12(11-31-27(39)13-4-3-7-30-10-13)5-6-17(33)19(15)22(34)18(14)24(36)28(16,40)25(37)20(23(21)35)26(29)38/h3-7,10,14,16,20-21,23,33-35,40H,8-9,11H2,1-2H3,(H2,29,38)(H,31,39)/t14-,16-,20?,21-,23?,28-/m1/s1. The van der Waals surface area contributed by atoms with Crippen molar-refractivity contribution in [3.63, 3.8) is 0 Å². The van der Waals surface area contributed by atoms with Crippen molar-refractivity contribution in [1.29, 1.82) is 0 Å². The van der Waals surface area contributed by atoms with Gasteiger partial charge < -0.3 is 36.4 Å². The lowest BCUT2D eigenvalue weighted by Gasteiger charge is -2.53. The highest BCUT2D eigenvalue weighted by Crippen LogP contribution is 2.52. The number of amides is 2. The third kappa shape index (κ3) is 3.98. The Labute approximate surface area is 229 Å². The molecule has 1 heterocycles. The minimum atomic E-state index is -2.71. The second kappa shape index (κ2) is 9.81. The zero-order valence-electron chi connectivity index (χ0n) is 21.9. The molecule has 2 saturated carbocycles. The van der Waals surface area contributed by atoms with Gasteiger partial charge in [-0.3, -0.25) is 24.2 Å². The van der Waals surface area contributed by atoms with Gasteiger partial charge in [0.2, 0.25) is 11.7 Å². The summed E-state index contributed by atoms with van der Waals surface area (Å²) in [5, 5.41) is 47.4. The van der Waals surface area contributed by atoms with Crippen LogP contribution in [0.15, 0.2) is 42.2 Å². The number of carbonyl (C=O) groups excluding carboxylic acids is 4. The van der Waals surface area contributed by atoms with Crippen molar-refractivity contribution in [2.45, 2.75) is 37.1 Å². The summed E-state index contributed by atoms with van der Waals surface area (Å²) in [4.78, 5) is 57.4. The van der Waals surface area contributed by atoms with E-state index in [-0.39, 0.29) is 42.2 Å².